The molecule has 0 saturated heterocycles. The molecule has 1 amide bonds. The van der Waals surface area contributed by atoms with Crippen molar-refractivity contribution in [3.63, 3.8) is 0 Å². The number of aromatic nitrogens is 1. The molecule has 1 aromatic carbocycles. The third-order valence-electron chi connectivity index (χ3n) is 2.56. The lowest BCUT2D eigenvalue weighted by atomic mass is 10.2. The summed E-state index contributed by atoms with van der Waals surface area (Å²) < 4.78 is 10.7. The minimum atomic E-state index is -0.610. The van der Waals surface area contributed by atoms with Crippen LogP contribution >= 0.6 is 34.5 Å². The Balaban J connectivity index is 2.06. The first-order valence-electron chi connectivity index (χ1n) is 6.99. The summed E-state index contributed by atoms with van der Waals surface area (Å²) >= 11 is 12.9. The molecule has 1 heterocycles. The molecule has 25 heavy (non-hydrogen) atoms. The maximum absolute atomic E-state index is 11.8. The second kappa shape index (κ2) is 7.90. The van der Waals surface area contributed by atoms with Gasteiger partial charge in [0.05, 0.1) is 21.8 Å². The zero-order chi connectivity index (χ0) is 18.6. The largest absolute Gasteiger partial charge is 0.444 e. The van der Waals surface area contributed by atoms with Crippen LogP contribution < -0.4 is 10.1 Å². The Bertz CT molecular complexity index is 802. The Morgan fingerprint density at radius 1 is 1.40 bits per heavy atom. The molecule has 0 radical (unpaired) electrons. The van der Waals surface area contributed by atoms with Gasteiger partial charge in [0.2, 0.25) is 0 Å². The summed E-state index contributed by atoms with van der Waals surface area (Å²) in [5.41, 5.74) is -0.222. The summed E-state index contributed by atoms with van der Waals surface area (Å²) in [4.78, 5) is 16.2. The van der Waals surface area contributed by atoms with Gasteiger partial charge < -0.3 is 14.7 Å². The van der Waals surface area contributed by atoms with Gasteiger partial charge in [0, 0.05) is 6.07 Å². The molecule has 0 aliphatic carbocycles. The summed E-state index contributed by atoms with van der Waals surface area (Å²) in [6, 6.07) is 4.72. The SMILES string of the molecule is CC(C)(C)OC(=O)Nc1ccc(Oc2ncc(C(Cl)=NO)s2)cc1Cl. The van der Waals surface area contributed by atoms with Crippen molar-refractivity contribution in [3.05, 3.63) is 34.3 Å². The number of anilines is 1. The summed E-state index contributed by atoms with van der Waals surface area (Å²) in [5, 5.41) is 14.6. The Morgan fingerprint density at radius 3 is 2.72 bits per heavy atom. The molecule has 0 saturated carbocycles. The lowest BCUT2D eigenvalue weighted by Crippen LogP contribution is -2.27. The van der Waals surface area contributed by atoms with Crippen LogP contribution in [0, 0.1) is 0 Å². The maximum atomic E-state index is 11.8. The molecule has 0 spiro atoms. The van der Waals surface area contributed by atoms with Crippen LogP contribution in [0.25, 0.3) is 0 Å². The number of rotatable bonds is 4. The van der Waals surface area contributed by atoms with Crippen molar-refractivity contribution in [1.29, 1.82) is 0 Å². The fraction of sp³-hybridized carbons (Fsp3) is 0.267. The minimum Gasteiger partial charge on any atom is -0.444 e. The molecule has 134 valence electrons. The molecule has 2 aromatic rings. The molecule has 0 unspecified atom stereocenters. The van der Waals surface area contributed by atoms with E-state index in [1.54, 1.807) is 32.9 Å². The van der Waals surface area contributed by atoms with E-state index < -0.39 is 11.7 Å². The van der Waals surface area contributed by atoms with Gasteiger partial charge in [-0.2, -0.15) is 0 Å². The third kappa shape index (κ3) is 5.77. The van der Waals surface area contributed by atoms with Gasteiger partial charge in [-0.15, -0.1) is 0 Å². The number of benzene rings is 1. The molecule has 2 rings (SSSR count). The number of amides is 1. The zero-order valence-electron chi connectivity index (χ0n) is 13.5. The molecule has 0 atom stereocenters. The van der Waals surface area contributed by atoms with E-state index in [1.807, 2.05) is 0 Å². The lowest BCUT2D eigenvalue weighted by Gasteiger charge is -2.20. The van der Waals surface area contributed by atoms with Crippen molar-refractivity contribution in [2.75, 3.05) is 5.32 Å². The molecule has 0 aliphatic rings. The number of hydrogen-bond donors (Lipinski definition) is 2. The highest BCUT2D eigenvalue weighted by Crippen LogP contribution is 2.32. The van der Waals surface area contributed by atoms with Crippen molar-refractivity contribution < 1.29 is 19.5 Å². The van der Waals surface area contributed by atoms with Crippen LogP contribution in [0.15, 0.2) is 29.6 Å². The number of halogens is 2. The second-order valence-electron chi connectivity index (χ2n) is 5.75. The van der Waals surface area contributed by atoms with E-state index in [4.69, 9.17) is 37.9 Å². The average molecular weight is 404 g/mol. The van der Waals surface area contributed by atoms with Crippen LogP contribution in [-0.4, -0.2) is 27.1 Å². The van der Waals surface area contributed by atoms with Crippen LogP contribution in [0.3, 0.4) is 0 Å². The van der Waals surface area contributed by atoms with E-state index in [-0.39, 0.29) is 10.2 Å². The predicted molar refractivity (Wildman–Crippen MR) is 97.7 cm³/mol. The fourth-order valence-corrected chi connectivity index (χ4v) is 2.67. The van der Waals surface area contributed by atoms with E-state index in [1.165, 1.54) is 12.3 Å². The van der Waals surface area contributed by atoms with Crippen LogP contribution in [0.4, 0.5) is 10.5 Å². The number of nitrogens with zero attached hydrogens (tertiary/aromatic N) is 2. The van der Waals surface area contributed by atoms with Gasteiger partial charge >= 0.3 is 6.09 Å². The first kappa shape index (κ1) is 19.3. The Hall–Kier alpha value is -2.03. The maximum Gasteiger partial charge on any atom is 0.412 e. The van der Waals surface area contributed by atoms with Gasteiger partial charge in [-0.25, -0.2) is 9.78 Å². The van der Waals surface area contributed by atoms with E-state index in [2.05, 4.69) is 15.5 Å². The highest BCUT2D eigenvalue weighted by Gasteiger charge is 2.17. The fourth-order valence-electron chi connectivity index (χ4n) is 1.63. The van der Waals surface area contributed by atoms with E-state index in [9.17, 15) is 4.79 Å². The van der Waals surface area contributed by atoms with Crippen molar-refractivity contribution in [2.45, 2.75) is 26.4 Å². The summed E-state index contributed by atoms with van der Waals surface area (Å²) in [6.07, 6.45) is 0.813. The average Bonchev–Trinajstić information content (AvgIpc) is 2.96. The number of ether oxygens (including phenoxy) is 2. The van der Waals surface area contributed by atoms with Crippen molar-refractivity contribution >= 4 is 51.5 Å². The summed E-state index contributed by atoms with van der Waals surface area (Å²) in [7, 11) is 0. The van der Waals surface area contributed by atoms with Gasteiger partial charge in [-0.3, -0.25) is 5.32 Å². The number of thiazole rings is 1. The van der Waals surface area contributed by atoms with Crippen LogP contribution in [0.5, 0.6) is 10.9 Å². The quantitative estimate of drug-likeness (QED) is 0.409. The first-order valence-corrected chi connectivity index (χ1v) is 8.56. The molecule has 10 heteroatoms. The minimum absolute atomic E-state index is 0.0812. The first-order chi connectivity index (χ1) is 11.7. The van der Waals surface area contributed by atoms with Crippen LogP contribution in [-0.2, 0) is 4.74 Å². The standard InChI is InChI=1S/C15H15Cl2N3O4S/c1-15(2,3)24-13(21)19-10-5-4-8(6-9(10)16)23-14-18-7-11(25-14)12(17)20-22/h4-7,22H,1-3H3,(H,19,21). The summed E-state index contributed by atoms with van der Waals surface area (Å²) in [5.74, 6) is 0.415. The molecule has 0 bridgehead atoms. The normalized spacial score (nSPS) is 12.0. The van der Waals surface area contributed by atoms with E-state index >= 15 is 0 Å². The summed E-state index contributed by atoms with van der Waals surface area (Å²) in [6.45, 7) is 5.30. The molecule has 0 fully saturated rings. The molecule has 7 nitrogen and oxygen atoms in total. The Morgan fingerprint density at radius 2 is 2.12 bits per heavy atom. The van der Waals surface area contributed by atoms with Gasteiger partial charge in [0.25, 0.3) is 5.19 Å². The number of carbonyl (C=O) groups is 1. The molecular weight excluding hydrogens is 389 g/mol. The van der Waals surface area contributed by atoms with Crippen LogP contribution in [0.1, 0.15) is 25.6 Å². The van der Waals surface area contributed by atoms with E-state index in [0.717, 1.165) is 11.3 Å². The second-order valence-corrected chi connectivity index (χ2v) is 7.51. The lowest BCUT2D eigenvalue weighted by molar-refractivity contribution is 0.0636. The highest BCUT2D eigenvalue weighted by atomic mass is 35.5. The van der Waals surface area contributed by atoms with Crippen LogP contribution in [0.2, 0.25) is 5.02 Å². The zero-order valence-corrected chi connectivity index (χ0v) is 15.9. The van der Waals surface area contributed by atoms with Crippen molar-refractivity contribution in [3.8, 4) is 10.9 Å². The van der Waals surface area contributed by atoms with Gasteiger partial charge in [-0.1, -0.05) is 39.7 Å². The molecular formula is C15H15Cl2N3O4S. The number of carbonyl (C=O) groups excluding carboxylic acids is 1. The number of nitrogens with one attached hydrogen (secondary N) is 1. The third-order valence-corrected chi connectivity index (χ3v) is 4.14. The van der Waals surface area contributed by atoms with Crippen molar-refractivity contribution in [2.24, 2.45) is 5.16 Å². The van der Waals surface area contributed by atoms with E-state index in [0.29, 0.717) is 21.5 Å². The number of hydrogen-bond acceptors (Lipinski definition) is 7. The molecule has 2 N–H and O–H groups in total. The van der Waals surface area contributed by atoms with Crippen molar-refractivity contribution in [1.82, 2.24) is 4.98 Å². The smallest absolute Gasteiger partial charge is 0.412 e. The van der Waals surface area contributed by atoms with Gasteiger partial charge in [-0.05, 0) is 32.9 Å². The number of oxime groups is 1. The Labute approximate surface area is 158 Å². The monoisotopic (exact) mass is 403 g/mol. The molecule has 1 aromatic heterocycles. The topological polar surface area (TPSA) is 93.0 Å². The molecule has 0 aliphatic heterocycles. The highest BCUT2D eigenvalue weighted by molar-refractivity contribution is 7.17. The van der Waals surface area contributed by atoms with Gasteiger partial charge in [0.1, 0.15) is 11.4 Å². The predicted octanol–water partition coefficient (Wildman–Crippen LogP) is 5.31. The van der Waals surface area contributed by atoms with Gasteiger partial charge in [0.15, 0.2) is 5.17 Å². The Kier molecular flexibility index (Phi) is 6.10.